The number of pyridine rings is 1. The molecule has 170 valence electrons. The molecule has 0 radical (unpaired) electrons. The number of carbonyl (C=O) groups is 1. The molecule has 5 rings (SSSR count). The van der Waals surface area contributed by atoms with E-state index < -0.39 is 5.97 Å². The van der Waals surface area contributed by atoms with E-state index in [9.17, 15) is 4.79 Å². The fourth-order valence-electron chi connectivity index (χ4n) is 3.33. The highest BCUT2D eigenvalue weighted by Gasteiger charge is 2.17. The number of aryl methyl sites for hydroxylation is 2. The van der Waals surface area contributed by atoms with E-state index in [4.69, 9.17) is 9.26 Å². The van der Waals surface area contributed by atoms with Gasteiger partial charge in [-0.2, -0.15) is 9.97 Å². The second-order valence-corrected chi connectivity index (χ2v) is 8.36. The Kier molecular flexibility index (Phi) is 6.00. The van der Waals surface area contributed by atoms with Gasteiger partial charge in [0.2, 0.25) is 11.0 Å². The van der Waals surface area contributed by atoms with Crippen LogP contribution in [0.1, 0.15) is 33.2 Å². The fraction of sp³-hybridized carbons (Fsp3) is 0.174. The lowest BCUT2D eigenvalue weighted by Gasteiger charge is -2.07. The average Bonchev–Trinajstić information content (AvgIpc) is 3.49. The molecule has 0 saturated heterocycles. The third-order valence-electron chi connectivity index (χ3n) is 4.91. The van der Waals surface area contributed by atoms with Crippen molar-refractivity contribution in [3.8, 4) is 11.4 Å². The van der Waals surface area contributed by atoms with Crippen molar-refractivity contribution < 1.29 is 14.1 Å². The van der Waals surface area contributed by atoms with Crippen LogP contribution in [0.5, 0.6) is 0 Å². The second kappa shape index (κ2) is 9.40. The number of ether oxygens (including phenoxy) is 1. The molecular formula is C23H19N7O3S. The lowest BCUT2D eigenvalue weighted by molar-refractivity contribution is 0.0429. The smallest absolute Gasteiger partial charge is 0.338 e. The first-order chi connectivity index (χ1) is 16.6. The van der Waals surface area contributed by atoms with Crippen LogP contribution in [0.3, 0.4) is 0 Å². The van der Waals surface area contributed by atoms with Gasteiger partial charge < -0.3 is 9.26 Å². The average molecular weight is 474 g/mol. The minimum absolute atomic E-state index is 0.133. The van der Waals surface area contributed by atoms with Gasteiger partial charge in [0.15, 0.2) is 6.61 Å². The summed E-state index contributed by atoms with van der Waals surface area (Å²) < 4.78 is 12.3. The monoisotopic (exact) mass is 473 g/mol. The summed E-state index contributed by atoms with van der Waals surface area (Å²) in [6.07, 6.45) is 3.29. The Bertz CT molecular complexity index is 1470. The van der Waals surface area contributed by atoms with Crippen molar-refractivity contribution in [2.75, 3.05) is 0 Å². The highest BCUT2D eigenvalue weighted by atomic mass is 32.2. The molecule has 5 aromatic rings. The van der Waals surface area contributed by atoms with Crippen molar-refractivity contribution in [1.82, 2.24) is 34.7 Å². The van der Waals surface area contributed by atoms with Crippen LogP contribution >= 0.6 is 11.8 Å². The molecule has 0 fully saturated rings. The molecule has 0 amide bonds. The lowest BCUT2D eigenvalue weighted by Crippen LogP contribution is -2.08. The summed E-state index contributed by atoms with van der Waals surface area (Å²) in [6, 6.07) is 12.8. The Balaban J connectivity index is 1.25. The number of thioether (sulfide) groups is 1. The van der Waals surface area contributed by atoms with E-state index in [2.05, 4.69) is 30.2 Å². The third kappa shape index (κ3) is 4.64. The van der Waals surface area contributed by atoms with E-state index in [0.717, 1.165) is 17.0 Å². The Morgan fingerprint density at radius 2 is 2.00 bits per heavy atom. The predicted octanol–water partition coefficient (Wildman–Crippen LogP) is 3.84. The maximum Gasteiger partial charge on any atom is 0.338 e. The SMILES string of the molecule is Cc1cc(C)n2nc(SCc3ccccc3C(=O)OCc3nc(-c4cccnc4)no3)nc2n1. The summed E-state index contributed by atoms with van der Waals surface area (Å²) in [5.74, 6) is 1.15. The van der Waals surface area contributed by atoms with Crippen LogP contribution in [0.25, 0.3) is 17.2 Å². The first-order valence-electron chi connectivity index (χ1n) is 10.4. The van der Waals surface area contributed by atoms with E-state index >= 15 is 0 Å². The predicted molar refractivity (Wildman–Crippen MR) is 123 cm³/mol. The molecule has 0 bridgehead atoms. The first kappa shape index (κ1) is 21.7. The highest BCUT2D eigenvalue weighted by molar-refractivity contribution is 7.98. The molecule has 0 unspecified atom stereocenters. The molecule has 34 heavy (non-hydrogen) atoms. The van der Waals surface area contributed by atoms with Crippen LogP contribution in [0.2, 0.25) is 0 Å². The van der Waals surface area contributed by atoms with Crippen LogP contribution in [0, 0.1) is 13.8 Å². The van der Waals surface area contributed by atoms with E-state index in [1.807, 2.05) is 38.1 Å². The molecule has 11 heteroatoms. The molecule has 4 heterocycles. The van der Waals surface area contributed by atoms with Gasteiger partial charge in [0, 0.05) is 35.1 Å². The van der Waals surface area contributed by atoms with Crippen molar-refractivity contribution in [3.05, 3.63) is 83.3 Å². The first-order valence-corrected chi connectivity index (χ1v) is 11.4. The number of benzene rings is 1. The maximum atomic E-state index is 12.8. The molecule has 0 aliphatic rings. The Labute approximate surface area is 198 Å². The zero-order valence-corrected chi connectivity index (χ0v) is 19.2. The zero-order chi connectivity index (χ0) is 23.5. The van der Waals surface area contributed by atoms with Crippen LogP contribution in [-0.4, -0.2) is 40.7 Å². The Morgan fingerprint density at radius 3 is 2.85 bits per heavy atom. The number of carbonyl (C=O) groups excluding carboxylic acids is 1. The molecule has 0 aliphatic heterocycles. The van der Waals surface area contributed by atoms with Crippen molar-refractivity contribution >= 4 is 23.5 Å². The van der Waals surface area contributed by atoms with E-state index in [0.29, 0.717) is 33.6 Å². The fourth-order valence-corrected chi connectivity index (χ4v) is 4.15. The van der Waals surface area contributed by atoms with Crippen molar-refractivity contribution in [1.29, 1.82) is 0 Å². The molecule has 0 saturated carbocycles. The molecule has 0 N–H and O–H groups in total. The number of rotatable bonds is 7. The van der Waals surface area contributed by atoms with Gasteiger partial charge in [-0.3, -0.25) is 4.98 Å². The standard InChI is InChI=1S/C23H19N7O3S/c1-14-10-15(2)30-22(25-14)27-23(28-30)34-13-17-6-3-4-8-18(17)21(31)32-12-19-26-20(29-33-19)16-7-5-9-24-11-16/h3-11H,12-13H2,1-2H3. The molecule has 1 aromatic carbocycles. The number of esters is 1. The van der Waals surface area contributed by atoms with Crippen LogP contribution in [0.4, 0.5) is 0 Å². The summed E-state index contributed by atoms with van der Waals surface area (Å²) in [4.78, 5) is 30.0. The van der Waals surface area contributed by atoms with Gasteiger partial charge in [0.1, 0.15) is 0 Å². The zero-order valence-electron chi connectivity index (χ0n) is 18.4. The summed E-state index contributed by atoms with van der Waals surface area (Å²) in [5.41, 5.74) is 3.82. The maximum absolute atomic E-state index is 12.8. The summed E-state index contributed by atoms with van der Waals surface area (Å²) in [6.45, 7) is 3.75. The van der Waals surface area contributed by atoms with E-state index in [1.165, 1.54) is 11.8 Å². The normalized spacial score (nSPS) is 11.1. The van der Waals surface area contributed by atoms with Crippen molar-refractivity contribution in [2.45, 2.75) is 31.4 Å². The number of hydrogen-bond acceptors (Lipinski definition) is 10. The van der Waals surface area contributed by atoms with Gasteiger partial charge >= 0.3 is 5.97 Å². The molecular weight excluding hydrogens is 454 g/mol. The summed E-state index contributed by atoms with van der Waals surface area (Å²) in [5, 5.41) is 8.99. The van der Waals surface area contributed by atoms with Gasteiger partial charge in [0.25, 0.3) is 11.7 Å². The number of aromatic nitrogens is 7. The van der Waals surface area contributed by atoms with Crippen LogP contribution < -0.4 is 0 Å². The minimum Gasteiger partial charge on any atom is -0.452 e. The quantitative estimate of drug-likeness (QED) is 0.255. The van der Waals surface area contributed by atoms with Gasteiger partial charge in [0.05, 0.1) is 5.56 Å². The molecule has 0 aliphatic carbocycles. The van der Waals surface area contributed by atoms with E-state index in [1.54, 1.807) is 35.1 Å². The Hall–Kier alpha value is -4.12. The lowest BCUT2D eigenvalue weighted by atomic mass is 10.1. The molecule has 0 atom stereocenters. The van der Waals surface area contributed by atoms with Gasteiger partial charge in [-0.15, -0.1) is 5.10 Å². The van der Waals surface area contributed by atoms with E-state index in [-0.39, 0.29) is 12.5 Å². The van der Waals surface area contributed by atoms with Crippen LogP contribution in [0.15, 0.2) is 64.5 Å². The summed E-state index contributed by atoms with van der Waals surface area (Å²) in [7, 11) is 0. The largest absolute Gasteiger partial charge is 0.452 e. The number of nitrogens with zero attached hydrogens (tertiary/aromatic N) is 7. The number of hydrogen-bond donors (Lipinski definition) is 0. The van der Waals surface area contributed by atoms with Crippen molar-refractivity contribution in [2.24, 2.45) is 0 Å². The molecule has 0 spiro atoms. The van der Waals surface area contributed by atoms with Crippen LogP contribution in [-0.2, 0) is 17.1 Å². The van der Waals surface area contributed by atoms with Crippen molar-refractivity contribution in [3.63, 3.8) is 0 Å². The number of fused-ring (bicyclic) bond motifs is 1. The molecule has 4 aromatic heterocycles. The molecule has 10 nitrogen and oxygen atoms in total. The highest BCUT2D eigenvalue weighted by Crippen LogP contribution is 2.23. The van der Waals surface area contributed by atoms with Gasteiger partial charge in [-0.1, -0.05) is 35.1 Å². The second-order valence-electron chi connectivity index (χ2n) is 7.42. The van der Waals surface area contributed by atoms with Gasteiger partial charge in [-0.25, -0.2) is 14.3 Å². The topological polar surface area (TPSA) is 121 Å². The minimum atomic E-state index is -0.478. The summed E-state index contributed by atoms with van der Waals surface area (Å²) >= 11 is 1.42. The Morgan fingerprint density at radius 1 is 1.12 bits per heavy atom. The third-order valence-corrected chi connectivity index (χ3v) is 5.79. The van der Waals surface area contributed by atoms with Gasteiger partial charge in [-0.05, 0) is 43.7 Å².